The van der Waals surface area contributed by atoms with Gasteiger partial charge in [0.25, 0.3) is 0 Å². The van der Waals surface area contributed by atoms with E-state index in [0.717, 1.165) is 18.5 Å². The zero-order chi connectivity index (χ0) is 12.4. The maximum Gasteiger partial charge on any atom is 0.227 e. The van der Waals surface area contributed by atoms with Crippen molar-refractivity contribution in [2.75, 3.05) is 17.3 Å². The van der Waals surface area contributed by atoms with Crippen LogP contribution in [0.3, 0.4) is 0 Å². The van der Waals surface area contributed by atoms with E-state index in [-0.39, 0.29) is 17.7 Å². The quantitative estimate of drug-likeness (QED) is 0.866. The van der Waals surface area contributed by atoms with Crippen molar-refractivity contribution >= 4 is 23.2 Å². The highest BCUT2D eigenvalue weighted by atomic mass is 16.2. The van der Waals surface area contributed by atoms with E-state index >= 15 is 0 Å². The molecule has 2 rings (SSSR count). The van der Waals surface area contributed by atoms with E-state index in [1.807, 2.05) is 24.3 Å². The molecule has 4 nitrogen and oxygen atoms in total. The molecule has 0 bridgehead atoms. The summed E-state index contributed by atoms with van der Waals surface area (Å²) in [6.45, 7) is 1.50. The van der Waals surface area contributed by atoms with Gasteiger partial charge in [-0.05, 0) is 25.0 Å². The van der Waals surface area contributed by atoms with Crippen LogP contribution in [0.4, 0.5) is 11.4 Å². The smallest absolute Gasteiger partial charge is 0.227 e. The number of anilines is 2. The van der Waals surface area contributed by atoms with Crippen molar-refractivity contribution in [2.24, 2.45) is 5.92 Å². The summed E-state index contributed by atoms with van der Waals surface area (Å²) in [6.07, 6.45) is 1.94. The van der Waals surface area contributed by atoms with Gasteiger partial charge >= 0.3 is 0 Å². The molecule has 0 unspecified atom stereocenters. The molecule has 1 aliphatic rings. The number of nitrogens with one attached hydrogen (secondary N) is 1. The molecule has 0 aromatic heterocycles. The summed E-state index contributed by atoms with van der Waals surface area (Å²) in [7, 11) is 1.70. The van der Waals surface area contributed by atoms with Gasteiger partial charge in [0.1, 0.15) is 0 Å². The number of benzene rings is 1. The van der Waals surface area contributed by atoms with Crippen molar-refractivity contribution in [1.29, 1.82) is 0 Å². The first kappa shape index (κ1) is 11.6. The molecular formula is C13H16N2O2. The molecule has 1 N–H and O–H groups in total. The molecule has 4 heteroatoms. The van der Waals surface area contributed by atoms with Crippen LogP contribution >= 0.6 is 0 Å². The molecule has 1 aromatic rings. The summed E-state index contributed by atoms with van der Waals surface area (Å²) in [6, 6.07) is 7.33. The summed E-state index contributed by atoms with van der Waals surface area (Å²) in [5.41, 5.74) is 1.43. The number of hydrogen-bond donors (Lipinski definition) is 1. The molecule has 90 valence electrons. The molecule has 0 spiro atoms. The van der Waals surface area contributed by atoms with Gasteiger partial charge in [0.2, 0.25) is 11.8 Å². The largest absolute Gasteiger partial charge is 0.324 e. The Morgan fingerprint density at radius 2 is 1.94 bits per heavy atom. The summed E-state index contributed by atoms with van der Waals surface area (Å²) < 4.78 is 0. The molecule has 0 saturated heterocycles. The van der Waals surface area contributed by atoms with Gasteiger partial charge in [0, 0.05) is 19.9 Å². The number of hydrogen-bond acceptors (Lipinski definition) is 2. The second kappa shape index (κ2) is 4.57. The average Bonchev–Trinajstić information content (AvgIpc) is 3.12. The predicted molar refractivity (Wildman–Crippen MR) is 66.9 cm³/mol. The minimum Gasteiger partial charge on any atom is -0.324 e. The zero-order valence-corrected chi connectivity index (χ0v) is 10.1. The number of amides is 2. The van der Waals surface area contributed by atoms with Crippen LogP contribution in [-0.2, 0) is 9.59 Å². The van der Waals surface area contributed by atoms with Gasteiger partial charge in [-0.3, -0.25) is 9.59 Å². The lowest BCUT2D eigenvalue weighted by atomic mass is 10.2. The van der Waals surface area contributed by atoms with Crippen LogP contribution in [0.5, 0.6) is 0 Å². The summed E-state index contributed by atoms with van der Waals surface area (Å²) >= 11 is 0. The Balaban J connectivity index is 2.20. The Hall–Kier alpha value is -1.84. The Bertz CT molecular complexity index is 452. The molecule has 0 atom stereocenters. The molecule has 0 radical (unpaired) electrons. The third kappa shape index (κ3) is 2.64. The Labute approximate surface area is 101 Å². The van der Waals surface area contributed by atoms with Crippen LogP contribution in [0.2, 0.25) is 0 Å². The SMILES string of the molecule is CC(=O)N(C)c1ccccc1NC(=O)C1CC1. The topological polar surface area (TPSA) is 49.4 Å². The van der Waals surface area contributed by atoms with E-state index in [0.29, 0.717) is 5.69 Å². The maximum absolute atomic E-state index is 11.7. The second-order valence-corrected chi connectivity index (χ2v) is 4.36. The van der Waals surface area contributed by atoms with Crippen LogP contribution < -0.4 is 10.2 Å². The highest BCUT2D eigenvalue weighted by Crippen LogP contribution is 2.32. The van der Waals surface area contributed by atoms with E-state index in [2.05, 4.69) is 5.32 Å². The Morgan fingerprint density at radius 1 is 1.29 bits per heavy atom. The first-order valence-electron chi connectivity index (χ1n) is 5.74. The lowest BCUT2D eigenvalue weighted by Crippen LogP contribution is -2.25. The van der Waals surface area contributed by atoms with Gasteiger partial charge in [-0.2, -0.15) is 0 Å². The first-order chi connectivity index (χ1) is 8.09. The van der Waals surface area contributed by atoms with Crippen molar-refractivity contribution in [3.8, 4) is 0 Å². The number of carbonyl (C=O) groups is 2. The lowest BCUT2D eigenvalue weighted by molar-refractivity contribution is -0.117. The summed E-state index contributed by atoms with van der Waals surface area (Å²) in [5.74, 6) is 0.151. The normalized spacial score (nSPS) is 14.2. The van der Waals surface area contributed by atoms with Crippen LogP contribution in [0.15, 0.2) is 24.3 Å². The van der Waals surface area contributed by atoms with Crippen LogP contribution in [0.1, 0.15) is 19.8 Å². The van der Waals surface area contributed by atoms with Gasteiger partial charge in [0.05, 0.1) is 11.4 Å². The molecule has 0 heterocycles. The third-order valence-corrected chi connectivity index (χ3v) is 2.94. The Morgan fingerprint density at radius 3 is 2.53 bits per heavy atom. The fraction of sp³-hybridized carbons (Fsp3) is 0.385. The minimum absolute atomic E-state index is 0.0504. The fourth-order valence-corrected chi connectivity index (χ4v) is 1.62. The van der Waals surface area contributed by atoms with Crippen molar-refractivity contribution in [1.82, 2.24) is 0 Å². The maximum atomic E-state index is 11.7. The van der Waals surface area contributed by atoms with Gasteiger partial charge in [-0.25, -0.2) is 0 Å². The minimum atomic E-state index is -0.0573. The number of rotatable bonds is 3. The zero-order valence-electron chi connectivity index (χ0n) is 10.1. The van der Waals surface area contributed by atoms with E-state index in [4.69, 9.17) is 0 Å². The fourth-order valence-electron chi connectivity index (χ4n) is 1.62. The molecule has 2 amide bonds. The van der Waals surface area contributed by atoms with E-state index in [1.54, 1.807) is 7.05 Å². The predicted octanol–water partition coefficient (Wildman–Crippen LogP) is 2.02. The number of carbonyl (C=O) groups excluding carboxylic acids is 2. The van der Waals surface area contributed by atoms with Crippen molar-refractivity contribution in [3.63, 3.8) is 0 Å². The monoisotopic (exact) mass is 232 g/mol. The number of para-hydroxylation sites is 2. The summed E-state index contributed by atoms with van der Waals surface area (Å²) in [4.78, 5) is 24.6. The molecule has 1 saturated carbocycles. The molecule has 1 fully saturated rings. The average molecular weight is 232 g/mol. The number of nitrogens with zero attached hydrogens (tertiary/aromatic N) is 1. The molecule has 1 aliphatic carbocycles. The third-order valence-electron chi connectivity index (χ3n) is 2.94. The van der Waals surface area contributed by atoms with Crippen molar-refractivity contribution in [2.45, 2.75) is 19.8 Å². The van der Waals surface area contributed by atoms with Crippen LogP contribution in [0.25, 0.3) is 0 Å². The Kier molecular flexibility index (Phi) is 3.13. The van der Waals surface area contributed by atoms with Gasteiger partial charge in [-0.15, -0.1) is 0 Å². The molecular weight excluding hydrogens is 216 g/mol. The van der Waals surface area contributed by atoms with E-state index in [1.165, 1.54) is 11.8 Å². The highest BCUT2D eigenvalue weighted by molar-refractivity contribution is 6.01. The van der Waals surface area contributed by atoms with Gasteiger partial charge in [0.15, 0.2) is 0 Å². The molecule has 17 heavy (non-hydrogen) atoms. The molecule has 1 aromatic carbocycles. The van der Waals surface area contributed by atoms with Gasteiger partial charge < -0.3 is 10.2 Å². The lowest BCUT2D eigenvalue weighted by Gasteiger charge is -2.19. The van der Waals surface area contributed by atoms with E-state index < -0.39 is 0 Å². The van der Waals surface area contributed by atoms with Crippen molar-refractivity contribution in [3.05, 3.63) is 24.3 Å². The standard InChI is InChI=1S/C13H16N2O2/c1-9(16)15(2)12-6-4-3-5-11(12)14-13(17)10-7-8-10/h3-6,10H,7-8H2,1-2H3,(H,14,17). The highest BCUT2D eigenvalue weighted by Gasteiger charge is 2.30. The van der Waals surface area contributed by atoms with Gasteiger partial charge in [-0.1, -0.05) is 12.1 Å². The van der Waals surface area contributed by atoms with E-state index in [9.17, 15) is 9.59 Å². The first-order valence-corrected chi connectivity index (χ1v) is 5.74. The van der Waals surface area contributed by atoms with Crippen LogP contribution in [-0.4, -0.2) is 18.9 Å². The summed E-state index contributed by atoms with van der Waals surface area (Å²) in [5, 5.41) is 2.88. The second-order valence-electron chi connectivity index (χ2n) is 4.36. The molecule has 0 aliphatic heterocycles. The van der Waals surface area contributed by atoms with Crippen molar-refractivity contribution < 1.29 is 9.59 Å². The van der Waals surface area contributed by atoms with Crippen LogP contribution in [0, 0.1) is 5.92 Å².